The first-order valence-electron chi connectivity index (χ1n) is 4.36. The highest BCUT2D eigenvalue weighted by Crippen LogP contribution is 1.97. The summed E-state index contributed by atoms with van der Waals surface area (Å²) >= 11 is 0. The van der Waals surface area contributed by atoms with Crippen LogP contribution >= 0.6 is 0 Å². The summed E-state index contributed by atoms with van der Waals surface area (Å²) < 4.78 is 0. The van der Waals surface area contributed by atoms with Gasteiger partial charge in [-0.1, -0.05) is 30.3 Å². The smallest absolute Gasteiger partial charge is 0.0275 e. The molecule has 0 atom stereocenters. The summed E-state index contributed by atoms with van der Waals surface area (Å²) in [5.41, 5.74) is 8.40. The molecule has 0 aliphatic rings. The summed E-state index contributed by atoms with van der Waals surface area (Å²) in [6.07, 6.45) is 1.05. The van der Waals surface area contributed by atoms with Gasteiger partial charge in [0, 0.05) is 13.1 Å². The van der Waals surface area contributed by atoms with Gasteiger partial charge in [0.25, 0.3) is 0 Å². The van der Waals surface area contributed by atoms with Crippen LogP contribution in [0.5, 0.6) is 0 Å². The first-order valence-corrected chi connectivity index (χ1v) is 4.36. The van der Waals surface area contributed by atoms with Crippen molar-refractivity contribution in [1.29, 1.82) is 0 Å². The number of benzene rings is 1. The molecule has 65 valence electrons. The SMILES string of the molecule is CC[N]NCCc1ccccc1. The van der Waals surface area contributed by atoms with Gasteiger partial charge in [0.2, 0.25) is 0 Å². The third-order valence-electron chi connectivity index (χ3n) is 1.64. The topological polar surface area (TPSA) is 26.1 Å². The summed E-state index contributed by atoms with van der Waals surface area (Å²) in [5.74, 6) is 0. The second-order valence-corrected chi connectivity index (χ2v) is 2.62. The second kappa shape index (κ2) is 5.75. The Bertz CT molecular complexity index is 196. The standard InChI is InChI=1S/C10H15N2/c1-2-11-12-9-8-10-6-4-3-5-7-10/h3-7,12H,2,8-9H2,1H3. The van der Waals surface area contributed by atoms with Crippen molar-refractivity contribution in [1.82, 2.24) is 10.9 Å². The van der Waals surface area contributed by atoms with Crippen molar-refractivity contribution in [3.05, 3.63) is 35.9 Å². The lowest BCUT2D eigenvalue weighted by Gasteiger charge is -2.01. The van der Waals surface area contributed by atoms with E-state index in [4.69, 9.17) is 0 Å². The number of rotatable bonds is 5. The monoisotopic (exact) mass is 163 g/mol. The van der Waals surface area contributed by atoms with Crippen molar-refractivity contribution in [3.8, 4) is 0 Å². The minimum atomic E-state index is 0.842. The molecule has 0 aliphatic heterocycles. The quantitative estimate of drug-likeness (QED) is 0.515. The fraction of sp³-hybridized carbons (Fsp3) is 0.400. The van der Waals surface area contributed by atoms with Crippen LogP contribution < -0.4 is 10.9 Å². The number of hydrogen-bond acceptors (Lipinski definition) is 1. The van der Waals surface area contributed by atoms with E-state index < -0.39 is 0 Å². The Morgan fingerprint density at radius 3 is 2.67 bits per heavy atom. The molecule has 0 spiro atoms. The molecule has 0 amide bonds. The van der Waals surface area contributed by atoms with Gasteiger partial charge in [-0.15, -0.1) is 0 Å². The van der Waals surface area contributed by atoms with Crippen molar-refractivity contribution < 1.29 is 0 Å². The fourth-order valence-electron chi connectivity index (χ4n) is 1.04. The van der Waals surface area contributed by atoms with Crippen molar-refractivity contribution in [2.45, 2.75) is 13.3 Å². The van der Waals surface area contributed by atoms with Crippen LogP contribution in [0.2, 0.25) is 0 Å². The predicted molar refractivity (Wildman–Crippen MR) is 50.8 cm³/mol. The molecule has 0 unspecified atom stereocenters. The maximum absolute atomic E-state index is 4.04. The third kappa shape index (κ3) is 3.51. The first-order chi connectivity index (χ1) is 5.93. The minimum absolute atomic E-state index is 0.842. The molecule has 0 aromatic heterocycles. The molecule has 2 heteroatoms. The number of nitrogens with zero attached hydrogens (tertiary/aromatic N) is 1. The fourth-order valence-corrected chi connectivity index (χ4v) is 1.04. The van der Waals surface area contributed by atoms with Crippen LogP contribution in [0.25, 0.3) is 0 Å². The van der Waals surface area contributed by atoms with E-state index in [9.17, 15) is 0 Å². The molecule has 0 aliphatic carbocycles. The second-order valence-electron chi connectivity index (χ2n) is 2.62. The van der Waals surface area contributed by atoms with Gasteiger partial charge < -0.3 is 0 Å². The van der Waals surface area contributed by atoms with Crippen LogP contribution in [-0.2, 0) is 6.42 Å². The lowest BCUT2D eigenvalue weighted by Crippen LogP contribution is -2.26. The van der Waals surface area contributed by atoms with E-state index in [1.54, 1.807) is 0 Å². The van der Waals surface area contributed by atoms with Crippen LogP contribution in [-0.4, -0.2) is 13.1 Å². The predicted octanol–water partition coefficient (Wildman–Crippen LogP) is 1.36. The van der Waals surface area contributed by atoms with E-state index in [1.807, 2.05) is 13.0 Å². The van der Waals surface area contributed by atoms with Crippen molar-refractivity contribution >= 4 is 0 Å². The summed E-state index contributed by atoms with van der Waals surface area (Å²) in [6, 6.07) is 10.4. The first kappa shape index (κ1) is 9.23. The summed E-state index contributed by atoms with van der Waals surface area (Å²) in [4.78, 5) is 0. The summed E-state index contributed by atoms with van der Waals surface area (Å²) in [5, 5.41) is 0. The zero-order chi connectivity index (χ0) is 8.65. The minimum Gasteiger partial charge on any atom is -0.240 e. The Balaban J connectivity index is 2.16. The van der Waals surface area contributed by atoms with Crippen LogP contribution in [0.4, 0.5) is 0 Å². The molecule has 1 radical (unpaired) electrons. The Hall–Kier alpha value is -0.860. The maximum Gasteiger partial charge on any atom is 0.0275 e. The van der Waals surface area contributed by atoms with Crippen molar-refractivity contribution in [2.75, 3.05) is 13.1 Å². The molecule has 0 saturated heterocycles. The van der Waals surface area contributed by atoms with Crippen LogP contribution in [0.15, 0.2) is 30.3 Å². The Morgan fingerprint density at radius 2 is 2.00 bits per heavy atom. The molecule has 0 bridgehead atoms. The molecule has 0 fully saturated rings. The van der Waals surface area contributed by atoms with E-state index in [0.717, 1.165) is 19.5 Å². The average Bonchev–Trinajstić information content (AvgIpc) is 2.14. The summed E-state index contributed by atoms with van der Waals surface area (Å²) in [6.45, 7) is 3.79. The number of nitrogens with one attached hydrogen (secondary N) is 1. The molecule has 1 rings (SSSR count). The molecular weight excluding hydrogens is 148 g/mol. The van der Waals surface area contributed by atoms with Gasteiger partial charge >= 0.3 is 0 Å². The lowest BCUT2D eigenvalue weighted by atomic mass is 10.2. The van der Waals surface area contributed by atoms with Crippen LogP contribution in [0.1, 0.15) is 12.5 Å². The van der Waals surface area contributed by atoms with Gasteiger partial charge in [0.05, 0.1) is 0 Å². The highest BCUT2D eigenvalue weighted by Gasteiger charge is 1.89. The van der Waals surface area contributed by atoms with E-state index in [-0.39, 0.29) is 0 Å². The normalized spacial score (nSPS) is 10.1. The van der Waals surface area contributed by atoms with E-state index in [0.29, 0.717) is 0 Å². The molecule has 0 saturated carbocycles. The lowest BCUT2D eigenvalue weighted by molar-refractivity contribution is 0.541. The zero-order valence-electron chi connectivity index (χ0n) is 7.46. The Morgan fingerprint density at radius 1 is 1.25 bits per heavy atom. The molecule has 1 aromatic carbocycles. The molecule has 0 heterocycles. The van der Waals surface area contributed by atoms with Gasteiger partial charge in [0.15, 0.2) is 0 Å². The van der Waals surface area contributed by atoms with Crippen LogP contribution in [0, 0.1) is 0 Å². The van der Waals surface area contributed by atoms with E-state index in [1.165, 1.54) is 5.56 Å². The number of hydrogen-bond donors (Lipinski definition) is 1. The highest BCUT2D eigenvalue weighted by molar-refractivity contribution is 5.14. The van der Waals surface area contributed by atoms with Gasteiger partial charge in [0.1, 0.15) is 0 Å². The van der Waals surface area contributed by atoms with Crippen LogP contribution in [0.3, 0.4) is 0 Å². The Kier molecular flexibility index (Phi) is 4.42. The van der Waals surface area contributed by atoms with Gasteiger partial charge in [-0.3, -0.25) is 0 Å². The van der Waals surface area contributed by atoms with Gasteiger partial charge in [-0.05, 0) is 18.9 Å². The largest absolute Gasteiger partial charge is 0.240 e. The Labute approximate surface area is 74.0 Å². The molecular formula is C10H15N2. The van der Waals surface area contributed by atoms with Gasteiger partial charge in [-0.2, -0.15) is 5.43 Å². The van der Waals surface area contributed by atoms with E-state index in [2.05, 4.69) is 35.1 Å². The molecule has 2 nitrogen and oxygen atoms in total. The van der Waals surface area contributed by atoms with Crippen molar-refractivity contribution in [3.63, 3.8) is 0 Å². The maximum atomic E-state index is 4.04. The molecule has 1 N–H and O–H groups in total. The van der Waals surface area contributed by atoms with Gasteiger partial charge in [-0.25, -0.2) is 5.43 Å². The molecule has 12 heavy (non-hydrogen) atoms. The highest BCUT2D eigenvalue weighted by atomic mass is 15.3. The third-order valence-corrected chi connectivity index (χ3v) is 1.64. The summed E-state index contributed by atoms with van der Waals surface area (Å²) in [7, 11) is 0. The van der Waals surface area contributed by atoms with E-state index >= 15 is 0 Å². The zero-order valence-corrected chi connectivity index (χ0v) is 7.46. The average molecular weight is 163 g/mol. The molecule has 1 aromatic rings. The van der Waals surface area contributed by atoms with Crippen molar-refractivity contribution in [2.24, 2.45) is 0 Å².